The molecule has 1 atom stereocenters. The first kappa shape index (κ1) is 10.8. The Balaban J connectivity index is 2.43. The molecule has 0 fully saturated rings. The van der Waals surface area contributed by atoms with Crippen molar-refractivity contribution in [3.63, 3.8) is 0 Å². The summed E-state index contributed by atoms with van der Waals surface area (Å²) >= 11 is 0. The van der Waals surface area contributed by atoms with E-state index in [1.54, 1.807) is 5.57 Å². The molecular weight excluding hydrogens is 158 g/mol. The van der Waals surface area contributed by atoms with Crippen molar-refractivity contribution < 1.29 is 0 Å². The van der Waals surface area contributed by atoms with Crippen LogP contribution < -0.4 is 5.32 Å². The Labute approximate surface area is 82.6 Å². The molecule has 1 heteroatoms. The van der Waals surface area contributed by atoms with E-state index in [-0.39, 0.29) is 0 Å². The lowest BCUT2D eigenvalue weighted by Crippen LogP contribution is -2.36. The van der Waals surface area contributed by atoms with E-state index >= 15 is 0 Å². The van der Waals surface area contributed by atoms with E-state index in [0.29, 0.717) is 6.04 Å². The van der Waals surface area contributed by atoms with Gasteiger partial charge < -0.3 is 5.32 Å². The molecular formula is C12H23N. The van der Waals surface area contributed by atoms with Gasteiger partial charge in [-0.25, -0.2) is 0 Å². The van der Waals surface area contributed by atoms with Crippen LogP contribution in [0.1, 0.15) is 47.0 Å². The first-order valence-electron chi connectivity index (χ1n) is 5.54. The summed E-state index contributed by atoms with van der Waals surface area (Å²) in [5.41, 5.74) is 1.64. The summed E-state index contributed by atoms with van der Waals surface area (Å²) in [7, 11) is 0. The molecule has 1 aliphatic carbocycles. The van der Waals surface area contributed by atoms with E-state index in [0.717, 1.165) is 12.0 Å². The maximum atomic E-state index is 3.63. The molecule has 1 rings (SSSR count). The van der Waals surface area contributed by atoms with Gasteiger partial charge >= 0.3 is 0 Å². The Morgan fingerprint density at radius 2 is 2.00 bits per heavy atom. The predicted molar refractivity (Wildman–Crippen MR) is 58.8 cm³/mol. The molecule has 0 spiro atoms. The molecule has 1 nitrogen and oxygen atoms in total. The van der Waals surface area contributed by atoms with Crippen LogP contribution in [0.3, 0.4) is 0 Å². The third kappa shape index (κ3) is 3.51. The van der Waals surface area contributed by atoms with E-state index in [4.69, 9.17) is 0 Å². The molecule has 1 aliphatic rings. The fourth-order valence-corrected chi connectivity index (χ4v) is 2.02. The lowest BCUT2D eigenvalue weighted by molar-refractivity contribution is 0.413. The minimum atomic E-state index is 0.622. The molecule has 0 aromatic rings. The molecule has 0 radical (unpaired) electrons. The summed E-state index contributed by atoms with van der Waals surface area (Å²) in [4.78, 5) is 0. The Hall–Kier alpha value is -0.300. The highest BCUT2D eigenvalue weighted by molar-refractivity contribution is 5.10. The van der Waals surface area contributed by atoms with Crippen LogP contribution in [0.25, 0.3) is 0 Å². The van der Waals surface area contributed by atoms with Gasteiger partial charge in [0.1, 0.15) is 0 Å². The number of rotatable bonds is 3. The van der Waals surface area contributed by atoms with Gasteiger partial charge in [-0.2, -0.15) is 0 Å². The van der Waals surface area contributed by atoms with Gasteiger partial charge in [0.2, 0.25) is 0 Å². The molecule has 1 unspecified atom stereocenters. The lowest BCUT2D eigenvalue weighted by Gasteiger charge is -2.27. The first-order valence-corrected chi connectivity index (χ1v) is 5.54. The molecule has 0 heterocycles. The average Bonchev–Trinajstić information content (AvgIpc) is 2.03. The molecule has 0 saturated heterocycles. The molecule has 13 heavy (non-hydrogen) atoms. The Morgan fingerprint density at radius 3 is 2.54 bits per heavy atom. The number of hydrogen-bond donors (Lipinski definition) is 1. The van der Waals surface area contributed by atoms with Crippen LogP contribution in [-0.2, 0) is 0 Å². The van der Waals surface area contributed by atoms with Gasteiger partial charge in [-0.15, -0.1) is 0 Å². The zero-order chi connectivity index (χ0) is 9.84. The quantitative estimate of drug-likeness (QED) is 0.660. The molecule has 0 amide bonds. The van der Waals surface area contributed by atoms with Crippen molar-refractivity contribution in [2.45, 2.75) is 59.0 Å². The first-order chi connectivity index (χ1) is 6.09. The third-order valence-electron chi connectivity index (χ3n) is 2.71. The highest BCUT2D eigenvalue weighted by Crippen LogP contribution is 2.24. The van der Waals surface area contributed by atoms with Gasteiger partial charge in [0.15, 0.2) is 0 Å². The lowest BCUT2D eigenvalue weighted by atomic mass is 9.88. The SMILES string of the molecule is CC(C)NC1CCC=C(C(C)C)C1. The van der Waals surface area contributed by atoms with Gasteiger partial charge in [0.25, 0.3) is 0 Å². The van der Waals surface area contributed by atoms with Crippen molar-refractivity contribution in [1.29, 1.82) is 0 Å². The van der Waals surface area contributed by atoms with E-state index < -0.39 is 0 Å². The highest BCUT2D eigenvalue weighted by Gasteiger charge is 2.17. The molecule has 0 saturated carbocycles. The van der Waals surface area contributed by atoms with Gasteiger partial charge in [-0.3, -0.25) is 0 Å². The summed E-state index contributed by atoms with van der Waals surface area (Å²) in [5.74, 6) is 0.733. The number of hydrogen-bond acceptors (Lipinski definition) is 1. The molecule has 0 aliphatic heterocycles. The van der Waals surface area contributed by atoms with Crippen molar-refractivity contribution in [3.05, 3.63) is 11.6 Å². The Morgan fingerprint density at radius 1 is 1.31 bits per heavy atom. The zero-order valence-electron chi connectivity index (χ0n) is 9.43. The summed E-state index contributed by atoms with van der Waals surface area (Å²) in [6.45, 7) is 9.05. The second-order valence-corrected chi connectivity index (χ2v) is 4.73. The minimum absolute atomic E-state index is 0.622. The predicted octanol–water partition coefficient (Wildman–Crippen LogP) is 3.12. The molecule has 0 aromatic heterocycles. The van der Waals surface area contributed by atoms with Gasteiger partial charge in [0.05, 0.1) is 0 Å². The summed E-state index contributed by atoms with van der Waals surface area (Å²) in [5, 5.41) is 3.63. The third-order valence-corrected chi connectivity index (χ3v) is 2.71. The Kier molecular flexibility index (Phi) is 3.98. The molecule has 1 N–H and O–H groups in total. The topological polar surface area (TPSA) is 12.0 Å². The van der Waals surface area contributed by atoms with E-state index in [1.165, 1.54) is 19.3 Å². The van der Waals surface area contributed by atoms with E-state index in [9.17, 15) is 0 Å². The minimum Gasteiger partial charge on any atom is -0.311 e. The van der Waals surface area contributed by atoms with Crippen molar-refractivity contribution in [1.82, 2.24) is 5.32 Å². The zero-order valence-corrected chi connectivity index (χ0v) is 9.43. The molecule has 76 valence electrons. The average molecular weight is 181 g/mol. The van der Waals surface area contributed by atoms with Crippen molar-refractivity contribution in [3.8, 4) is 0 Å². The summed E-state index contributed by atoms with van der Waals surface area (Å²) < 4.78 is 0. The standard InChI is InChI=1S/C12H23N/c1-9(2)11-6-5-7-12(8-11)13-10(3)4/h6,9-10,12-13H,5,7-8H2,1-4H3. The van der Waals surface area contributed by atoms with Crippen LogP contribution in [0, 0.1) is 5.92 Å². The number of nitrogens with one attached hydrogen (secondary N) is 1. The highest BCUT2D eigenvalue weighted by atomic mass is 14.9. The van der Waals surface area contributed by atoms with Crippen molar-refractivity contribution in [2.24, 2.45) is 5.92 Å². The largest absolute Gasteiger partial charge is 0.311 e. The van der Waals surface area contributed by atoms with Gasteiger partial charge in [-0.05, 0) is 25.2 Å². The second kappa shape index (κ2) is 4.80. The van der Waals surface area contributed by atoms with Crippen molar-refractivity contribution in [2.75, 3.05) is 0 Å². The van der Waals surface area contributed by atoms with Crippen LogP contribution in [-0.4, -0.2) is 12.1 Å². The van der Waals surface area contributed by atoms with Crippen LogP contribution in [0.2, 0.25) is 0 Å². The fraction of sp³-hybridized carbons (Fsp3) is 0.833. The van der Waals surface area contributed by atoms with Crippen LogP contribution >= 0.6 is 0 Å². The van der Waals surface area contributed by atoms with E-state index in [1.807, 2.05) is 0 Å². The normalized spacial score (nSPS) is 23.8. The Bertz CT molecular complexity index is 180. The molecule has 0 aromatic carbocycles. The maximum absolute atomic E-state index is 3.63. The van der Waals surface area contributed by atoms with Crippen LogP contribution in [0.4, 0.5) is 0 Å². The monoisotopic (exact) mass is 181 g/mol. The summed E-state index contributed by atoms with van der Waals surface area (Å²) in [6, 6.07) is 1.35. The fourth-order valence-electron chi connectivity index (χ4n) is 2.02. The smallest absolute Gasteiger partial charge is 0.0110 e. The number of allylic oxidation sites excluding steroid dienone is 1. The molecule has 0 bridgehead atoms. The van der Waals surface area contributed by atoms with Gasteiger partial charge in [-0.1, -0.05) is 39.3 Å². The second-order valence-electron chi connectivity index (χ2n) is 4.73. The van der Waals surface area contributed by atoms with Crippen LogP contribution in [0.15, 0.2) is 11.6 Å². The van der Waals surface area contributed by atoms with E-state index in [2.05, 4.69) is 39.1 Å². The maximum Gasteiger partial charge on any atom is 0.0110 e. The van der Waals surface area contributed by atoms with Gasteiger partial charge in [0, 0.05) is 12.1 Å². The summed E-state index contributed by atoms with van der Waals surface area (Å²) in [6.07, 6.45) is 6.27. The van der Waals surface area contributed by atoms with Crippen molar-refractivity contribution >= 4 is 0 Å². The van der Waals surface area contributed by atoms with Crippen LogP contribution in [0.5, 0.6) is 0 Å².